The minimum absolute atomic E-state index is 0.0790. The van der Waals surface area contributed by atoms with E-state index >= 15 is 0 Å². The molecule has 1 amide bonds. The largest absolute Gasteiger partial charge is 0.356 e. The molecule has 0 aliphatic rings. The number of hydrogen-bond acceptors (Lipinski definition) is 3. The van der Waals surface area contributed by atoms with E-state index in [1.165, 1.54) is 6.92 Å². The maximum absolute atomic E-state index is 10.9. The maximum Gasteiger partial charge on any atom is 0.276 e. The molecule has 18 heavy (non-hydrogen) atoms. The summed E-state index contributed by atoms with van der Waals surface area (Å²) >= 11 is 0. The van der Waals surface area contributed by atoms with E-state index in [9.17, 15) is 14.9 Å². The third-order valence-electron chi connectivity index (χ3n) is 2.36. The van der Waals surface area contributed by atoms with Crippen LogP contribution in [0.2, 0.25) is 0 Å². The monoisotopic (exact) mass is 248 g/mol. The molecule has 0 saturated carbocycles. The summed E-state index contributed by atoms with van der Waals surface area (Å²) in [5, 5.41) is 13.5. The van der Waals surface area contributed by atoms with Gasteiger partial charge in [0, 0.05) is 19.5 Å². The van der Waals surface area contributed by atoms with Gasteiger partial charge in [-0.2, -0.15) is 0 Å². The summed E-state index contributed by atoms with van der Waals surface area (Å²) in [6, 6.07) is 5.11. The Hall–Kier alpha value is -2.17. The number of amides is 1. The third kappa shape index (κ3) is 4.37. The van der Waals surface area contributed by atoms with Gasteiger partial charge in [0.2, 0.25) is 5.91 Å². The van der Waals surface area contributed by atoms with E-state index in [2.05, 4.69) is 5.32 Å². The Bertz CT molecular complexity index is 481. The number of hydrogen-bond donors (Lipinski definition) is 1. The Kier molecular flexibility index (Phi) is 5.05. The standard InChI is InChI=1S/C13H16N2O3/c1-10-6-7-12(13(9-10)15(17)18)5-3-4-8-14-11(2)16/h3,5-7,9H,4,8H2,1-2H3,(H,14,16). The van der Waals surface area contributed by atoms with Crippen molar-refractivity contribution in [2.45, 2.75) is 20.3 Å². The zero-order valence-electron chi connectivity index (χ0n) is 10.5. The predicted octanol–water partition coefficient (Wildman–Crippen LogP) is 2.44. The summed E-state index contributed by atoms with van der Waals surface area (Å²) in [5.74, 6) is -0.0790. The number of benzene rings is 1. The Balaban J connectivity index is 2.69. The zero-order chi connectivity index (χ0) is 13.5. The minimum atomic E-state index is -0.388. The van der Waals surface area contributed by atoms with E-state index in [1.807, 2.05) is 19.1 Å². The summed E-state index contributed by atoms with van der Waals surface area (Å²) in [6.07, 6.45) is 4.16. The average molecular weight is 248 g/mol. The third-order valence-corrected chi connectivity index (χ3v) is 2.36. The highest BCUT2D eigenvalue weighted by Gasteiger charge is 2.10. The van der Waals surface area contributed by atoms with Crippen molar-refractivity contribution >= 4 is 17.7 Å². The molecule has 0 aliphatic carbocycles. The van der Waals surface area contributed by atoms with E-state index < -0.39 is 0 Å². The molecule has 0 atom stereocenters. The molecule has 1 aromatic carbocycles. The number of carbonyl (C=O) groups excluding carboxylic acids is 1. The Morgan fingerprint density at radius 3 is 2.83 bits per heavy atom. The Morgan fingerprint density at radius 1 is 1.50 bits per heavy atom. The van der Waals surface area contributed by atoms with Gasteiger partial charge in [0.1, 0.15) is 0 Å². The second-order valence-electron chi connectivity index (χ2n) is 3.99. The van der Waals surface area contributed by atoms with Crippen molar-refractivity contribution in [3.8, 4) is 0 Å². The molecule has 0 spiro atoms. The molecule has 0 saturated heterocycles. The molecule has 5 heteroatoms. The van der Waals surface area contributed by atoms with Crippen molar-refractivity contribution in [1.82, 2.24) is 5.32 Å². The van der Waals surface area contributed by atoms with Gasteiger partial charge in [-0.25, -0.2) is 0 Å². The van der Waals surface area contributed by atoms with Gasteiger partial charge >= 0.3 is 0 Å². The molecular formula is C13H16N2O3. The highest BCUT2D eigenvalue weighted by Crippen LogP contribution is 2.21. The van der Waals surface area contributed by atoms with Gasteiger partial charge in [-0.15, -0.1) is 0 Å². The molecule has 1 aromatic rings. The van der Waals surface area contributed by atoms with Crippen molar-refractivity contribution < 1.29 is 9.72 Å². The molecule has 0 aromatic heterocycles. The molecular weight excluding hydrogens is 232 g/mol. The second-order valence-corrected chi connectivity index (χ2v) is 3.99. The molecule has 0 aliphatic heterocycles. The van der Waals surface area contributed by atoms with Crippen molar-refractivity contribution in [2.24, 2.45) is 0 Å². The normalized spacial score (nSPS) is 10.6. The van der Waals surface area contributed by atoms with Crippen LogP contribution in [-0.4, -0.2) is 17.4 Å². The lowest BCUT2D eigenvalue weighted by Gasteiger charge is -2.00. The van der Waals surface area contributed by atoms with E-state index in [1.54, 1.807) is 18.2 Å². The van der Waals surface area contributed by atoms with Crippen LogP contribution < -0.4 is 5.32 Å². The van der Waals surface area contributed by atoms with Crippen molar-refractivity contribution in [1.29, 1.82) is 0 Å². The topological polar surface area (TPSA) is 72.2 Å². The average Bonchev–Trinajstić information content (AvgIpc) is 2.29. The molecule has 1 rings (SSSR count). The van der Waals surface area contributed by atoms with Crippen molar-refractivity contribution in [2.75, 3.05) is 6.54 Å². The van der Waals surface area contributed by atoms with Gasteiger partial charge in [0.15, 0.2) is 0 Å². The van der Waals surface area contributed by atoms with Crippen LogP contribution in [0.4, 0.5) is 5.69 Å². The number of rotatable bonds is 5. The molecule has 0 fully saturated rings. The van der Waals surface area contributed by atoms with Crippen LogP contribution in [-0.2, 0) is 4.79 Å². The molecule has 0 radical (unpaired) electrons. The second kappa shape index (κ2) is 6.54. The fourth-order valence-electron chi connectivity index (χ4n) is 1.49. The lowest BCUT2D eigenvalue weighted by Crippen LogP contribution is -2.20. The summed E-state index contributed by atoms with van der Waals surface area (Å²) < 4.78 is 0. The summed E-state index contributed by atoms with van der Waals surface area (Å²) in [6.45, 7) is 3.80. The van der Waals surface area contributed by atoms with Crippen LogP contribution in [0.5, 0.6) is 0 Å². The highest BCUT2D eigenvalue weighted by molar-refractivity contribution is 5.72. The lowest BCUT2D eigenvalue weighted by molar-refractivity contribution is -0.385. The number of carbonyl (C=O) groups is 1. The summed E-state index contributed by atoms with van der Waals surface area (Å²) in [5.41, 5.74) is 1.54. The van der Waals surface area contributed by atoms with Gasteiger partial charge in [0.05, 0.1) is 10.5 Å². The smallest absolute Gasteiger partial charge is 0.276 e. The van der Waals surface area contributed by atoms with Crippen LogP contribution in [0.1, 0.15) is 24.5 Å². The minimum Gasteiger partial charge on any atom is -0.356 e. The predicted molar refractivity (Wildman–Crippen MR) is 70.2 cm³/mol. The molecule has 96 valence electrons. The summed E-state index contributed by atoms with van der Waals surface area (Å²) in [4.78, 5) is 21.1. The van der Waals surface area contributed by atoms with Gasteiger partial charge in [-0.05, 0) is 25.0 Å². The van der Waals surface area contributed by atoms with Gasteiger partial charge in [-0.1, -0.05) is 18.2 Å². The van der Waals surface area contributed by atoms with Crippen LogP contribution in [0, 0.1) is 17.0 Å². The molecule has 1 N–H and O–H groups in total. The molecule has 5 nitrogen and oxygen atoms in total. The van der Waals surface area contributed by atoms with E-state index in [0.29, 0.717) is 18.5 Å². The fourth-order valence-corrected chi connectivity index (χ4v) is 1.49. The lowest BCUT2D eigenvalue weighted by atomic mass is 10.1. The number of nitrogens with one attached hydrogen (secondary N) is 1. The van der Waals surface area contributed by atoms with E-state index in [-0.39, 0.29) is 16.5 Å². The highest BCUT2D eigenvalue weighted by atomic mass is 16.6. The Morgan fingerprint density at radius 2 is 2.22 bits per heavy atom. The summed E-state index contributed by atoms with van der Waals surface area (Å²) in [7, 11) is 0. The first-order valence-corrected chi connectivity index (χ1v) is 5.66. The van der Waals surface area contributed by atoms with E-state index in [0.717, 1.165) is 5.56 Å². The first kappa shape index (κ1) is 13.9. The van der Waals surface area contributed by atoms with Gasteiger partial charge < -0.3 is 5.32 Å². The SMILES string of the molecule is CC(=O)NCCC=Cc1ccc(C)cc1[N+](=O)[O-]. The fraction of sp³-hybridized carbons (Fsp3) is 0.308. The van der Waals surface area contributed by atoms with Crippen LogP contribution in [0.25, 0.3) is 6.08 Å². The molecule has 0 bridgehead atoms. The van der Waals surface area contributed by atoms with Crippen molar-refractivity contribution in [3.63, 3.8) is 0 Å². The van der Waals surface area contributed by atoms with Crippen LogP contribution in [0.15, 0.2) is 24.3 Å². The van der Waals surface area contributed by atoms with E-state index in [4.69, 9.17) is 0 Å². The maximum atomic E-state index is 10.9. The first-order valence-electron chi connectivity index (χ1n) is 5.66. The molecule has 0 heterocycles. The molecule has 0 unspecified atom stereocenters. The van der Waals surface area contributed by atoms with Gasteiger partial charge in [0.25, 0.3) is 5.69 Å². The van der Waals surface area contributed by atoms with Crippen molar-refractivity contribution in [3.05, 3.63) is 45.5 Å². The number of nitrogens with zero attached hydrogens (tertiary/aromatic N) is 1. The quantitative estimate of drug-likeness (QED) is 0.494. The zero-order valence-corrected chi connectivity index (χ0v) is 10.5. The van der Waals surface area contributed by atoms with Crippen LogP contribution in [0.3, 0.4) is 0 Å². The first-order chi connectivity index (χ1) is 8.50. The number of nitro groups is 1. The van der Waals surface area contributed by atoms with Crippen LogP contribution >= 0.6 is 0 Å². The number of nitro benzene ring substituents is 1. The van der Waals surface area contributed by atoms with Gasteiger partial charge in [-0.3, -0.25) is 14.9 Å². The Labute approximate surface area is 106 Å². The number of aryl methyl sites for hydroxylation is 1.